The first-order chi connectivity index (χ1) is 20.3. The number of alkyl halides is 6. The monoisotopic (exact) mass is 656 g/mol. The first-order valence-electron chi connectivity index (χ1n) is 11.8. The number of aromatic nitrogens is 4. The summed E-state index contributed by atoms with van der Waals surface area (Å²) in [5.41, 5.74) is -5.38. The van der Waals surface area contributed by atoms with Crippen molar-refractivity contribution in [1.82, 2.24) is 19.9 Å². The highest BCUT2D eigenvalue weighted by molar-refractivity contribution is 6.37. The van der Waals surface area contributed by atoms with Gasteiger partial charge in [0.15, 0.2) is 11.0 Å². The Hall–Kier alpha value is -5.15. The number of fused-ring (bicyclic) bond motifs is 2. The molecule has 236 valence electrons. The lowest BCUT2D eigenvalue weighted by Gasteiger charge is -2.05. The summed E-state index contributed by atoms with van der Waals surface area (Å²) in [7, 11) is 0. The van der Waals surface area contributed by atoms with Crippen LogP contribution in [0.4, 0.5) is 49.1 Å². The molecule has 23 heteroatoms. The van der Waals surface area contributed by atoms with E-state index in [4.69, 9.17) is 11.6 Å². The Labute approximate surface area is 242 Å². The van der Waals surface area contributed by atoms with Gasteiger partial charge in [0.2, 0.25) is 11.6 Å². The third kappa shape index (κ3) is 6.74. The van der Waals surface area contributed by atoms with Crippen molar-refractivity contribution in [1.29, 1.82) is 0 Å². The molecule has 0 saturated carbocycles. The fraction of sp³-hybridized carbons (Fsp3) is 0.333. The number of unbranched alkanes of at least 4 members (excludes halogenated alkanes) is 2. The molecular formula is C21H15ClF6N8O8. The van der Waals surface area contributed by atoms with Crippen LogP contribution in [0.3, 0.4) is 0 Å². The minimum atomic E-state index is -4.90. The van der Waals surface area contributed by atoms with Gasteiger partial charge >= 0.3 is 23.7 Å². The van der Waals surface area contributed by atoms with E-state index in [2.05, 4.69) is 9.97 Å². The second-order valence-corrected chi connectivity index (χ2v) is 9.10. The minimum absolute atomic E-state index is 0.00273. The number of aromatic amines is 2. The molecule has 16 nitrogen and oxygen atoms in total. The molecule has 0 saturated heterocycles. The number of nitrogens with one attached hydrogen (secondary N) is 2. The first-order valence-corrected chi connectivity index (χ1v) is 12.2. The molecule has 0 atom stereocenters. The summed E-state index contributed by atoms with van der Waals surface area (Å²) in [5, 5.41) is 43.0. The van der Waals surface area contributed by atoms with Crippen molar-refractivity contribution in [3.63, 3.8) is 0 Å². The summed E-state index contributed by atoms with van der Waals surface area (Å²) in [6.45, 7) is 1.90. The highest BCUT2D eigenvalue weighted by Crippen LogP contribution is 2.40. The molecule has 4 rings (SSSR count). The smallest absolute Gasteiger partial charge is 0.334 e. The normalized spacial score (nSPS) is 11.8. The lowest BCUT2D eigenvalue weighted by molar-refractivity contribution is -0.393. The SMILES string of the molecule is CCCCCc1c([N+](=O)[O-])cc([N+](=O)[O-])c2nc(C(F)(F)F)[nH]c12.O=[N+]([O-])c1cc([N+](=O)[O-])c2nc(C(F)(F)F)[nH]c2c1Cl. The first kappa shape index (κ1) is 33.4. The summed E-state index contributed by atoms with van der Waals surface area (Å²) in [6.07, 6.45) is -7.59. The Morgan fingerprint density at radius 2 is 1.11 bits per heavy atom. The zero-order valence-corrected chi connectivity index (χ0v) is 22.3. The van der Waals surface area contributed by atoms with E-state index >= 15 is 0 Å². The Morgan fingerprint density at radius 1 is 0.705 bits per heavy atom. The van der Waals surface area contributed by atoms with Crippen LogP contribution in [0.5, 0.6) is 0 Å². The number of non-ortho nitro benzene ring substituents is 2. The quantitative estimate of drug-likeness (QED) is 0.0838. The predicted octanol–water partition coefficient (Wildman–Crippen LogP) is 7.18. The van der Waals surface area contributed by atoms with Gasteiger partial charge in [-0.25, -0.2) is 9.97 Å². The van der Waals surface area contributed by atoms with Gasteiger partial charge in [-0.05, 0) is 12.8 Å². The van der Waals surface area contributed by atoms with Gasteiger partial charge in [0.25, 0.3) is 11.4 Å². The van der Waals surface area contributed by atoms with Crippen LogP contribution in [0.1, 0.15) is 43.4 Å². The molecule has 2 N–H and O–H groups in total. The Balaban J connectivity index is 0.000000244. The van der Waals surface area contributed by atoms with E-state index in [-0.39, 0.29) is 17.5 Å². The topological polar surface area (TPSA) is 230 Å². The van der Waals surface area contributed by atoms with E-state index < -0.39 is 88.0 Å². The lowest BCUT2D eigenvalue weighted by atomic mass is 10.0. The van der Waals surface area contributed by atoms with Gasteiger partial charge in [-0.3, -0.25) is 40.5 Å². The molecular weight excluding hydrogens is 642 g/mol. The maximum Gasteiger partial charge on any atom is 0.449 e. The average molecular weight is 657 g/mol. The molecule has 0 spiro atoms. The lowest BCUT2D eigenvalue weighted by Crippen LogP contribution is -2.07. The third-order valence-corrected chi connectivity index (χ3v) is 6.23. The highest BCUT2D eigenvalue weighted by Gasteiger charge is 2.39. The summed E-state index contributed by atoms with van der Waals surface area (Å²) in [4.78, 5) is 49.8. The fourth-order valence-corrected chi connectivity index (χ4v) is 4.20. The third-order valence-electron chi connectivity index (χ3n) is 5.85. The van der Waals surface area contributed by atoms with E-state index in [9.17, 15) is 66.8 Å². The second kappa shape index (κ2) is 12.2. The largest absolute Gasteiger partial charge is 0.449 e. The Morgan fingerprint density at radius 3 is 1.52 bits per heavy atom. The van der Waals surface area contributed by atoms with Crippen molar-refractivity contribution in [3.05, 3.63) is 74.8 Å². The summed E-state index contributed by atoms with van der Waals surface area (Å²) >= 11 is 5.57. The van der Waals surface area contributed by atoms with Crippen LogP contribution < -0.4 is 0 Å². The number of rotatable bonds is 8. The number of hydrogen-bond acceptors (Lipinski definition) is 10. The van der Waals surface area contributed by atoms with Crippen molar-refractivity contribution < 1.29 is 46.0 Å². The molecule has 2 aromatic carbocycles. The second-order valence-electron chi connectivity index (χ2n) is 8.72. The van der Waals surface area contributed by atoms with Crippen LogP contribution in [-0.2, 0) is 18.8 Å². The molecule has 0 aliphatic heterocycles. The maximum absolute atomic E-state index is 12.9. The van der Waals surface area contributed by atoms with Gasteiger partial charge in [-0.2, -0.15) is 26.3 Å². The maximum atomic E-state index is 12.9. The van der Waals surface area contributed by atoms with E-state index in [0.717, 1.165) is 12.8 Å². The van der Waals surface area contributed by atoms with Crippen molar-refractivity contribution in [2.45, 2.75) is 45.0 Å². The number of nitro groups is 4. The molecule has 0 unspecified atom stereocenters. The van der Waals surface area contributed by atoms with Crippen LogP contribution in [0.15, 0.2) is 12.1 Å². The molecule has 0 fully saturated rings. The number of hydrogen-bond donors (Lipinski definition) is 2. The van der Waals surface area contributed by atoms with Crippen molar-refractivity contribution >= 4 is 56.4 Å². The summed E-state index contributed by atoms with van der Waals surface area (Å²) in [5.74, 6) is -2.95. The van der Waals surface area contributed by atoms with Crippen LogP contribution in [0.2, 0.25) is 5.02 Å². The van der Waals surface area contributed by atoms with E-state index in [1.807, 2.05) is 11.9 Å². The highest BCUT2D eigenvalue weighted by atomic mass is 35.5. The fourth-order valence-electron chi connectivity index (χ4n) is 3.94. The molecule has 2 heterocycles. The van der Waals surface area contributed by atoms with Crippen LogP contribution >= 0.6 is 11.6 Å². The van der Waals surface area contributed by atoms with Crippen molar-refractivity contribution in [3.8, 4) is 0 Å². The van der Waals surface area contributed by atoms with Gasteiger partial charge in [-0.15, -0.1) is 0 Å². The number of nitro benzene ring substituents is 4. The Bertz CT molecular complexity index is 1800. The minimum Gasteiger partial charge on any atom is -0.334 e. The zero-order chi connectivity index (χ0) is 33.3. The van der Waals surface area contributed by atoms with Crippen molar-refractivity contribution in [2.24, 2.45) is 0 Å². The van der Waals surface area contributed by atoms with Gasteiger partial charge in [0, 0.05) is 0 Å². The van der Waals surface area contributed by atoms with E-state index in [1.54, 1.807) is 4.98 Å². The molecule has 0 bridgehead atoms. The number of aryl methyl sites for hydroxylation is 1. The average Bonchev–Trinajstić information content (AvgIpc) is 3.55. The molecule has 0 amide bonds. The standard InChI is InChI=1S/C13H13F3N4O4.C8H2ClF3N4O4/c1-2-3-4-5-7-8(19(21)22)6-9(20(23)24)11-10(7)17-12(18-11)13(14,15)16;9-4-2(15(17)18)1-3(16(19)20)5-6(4)14-7(13-5)8(10,11)12/h6H,2-5H2,1H3,(H,17,18);1H,(H,13,14). The number of imidazole rings is 2. The number of H-pyrrole nitrogens is 2. The van der Waals surface area contributed by atoms with E-state index in [1.165, 1.54) is 0 Å². The summed E-state index contributed by atoms with van der Waals surface area (Å²) in [6, 6.07) is 1.14. The van der Waals surface area contributed by atoms with Crippen LogP contribution in [-0.4, -0.2) is 39.6 Å². The predicted molar refractivity (Wildman–Crippen MR) is 137 cm³/mol. The van der Waals surface area contributed by atoms with Gasteiger partial charge in [0.05, 0.1) is 48.4 Å². The summed E-state index contributed by atoms with van der Waals surface area (Å²) < 4.78 is 76.1. The molecule has 2 aromatic heterocycles. The molecule has 0 aliphatic rings. The van der Waals surface area contributed by atoms with Gasteiger partial charge in [-0.1, -0.05) is 31.4 Å². The van der Waals surface area contributed by atoms with Gasteiger partial charge in [0.1, 0.15) is 5.02 Å². The molecule has 4 aromatic rings. The molecule has 0 radical (unpaired) electrons. The van der Waals surface area contributed by atoms with Crippen LogP contribution in [0, 0.1) is 40.5 Å². The zero-order valence-electron chi connectivity index (χ0n) is 21.6. The molecule has 44 heavy (non-hydrogen) atoms. The number of nitrogens with zero attached hydrogens (tertiary/aromatic N) is 6. The van der Waals surface area contributed by atoms with Gasteiger partial charge < -0.3 is 9.97 Å². The number of halogens is 7. The van der Waals surface area contributed by atoms with Crippen LogP contribution in [0.25, 0.3) is 22.1 Å². The molecule has 0 aliphatic carbocycles. The van der Waals surface area contributed by atoms with Crippen molar-refractivity contribution in [2.75, 3.05) is 0 Å². The Kier molecular flexibility index (Phi) is 9.26. The number of benzene rings is 2. The van der Waals surface area contributed by atoms with E-state index in [0.29, 0.717) is 18.6 Å².